The highest BCUT2D eigenvalue weighted by molar-refractivity contribution is 7.99. The molecule has 30 heavy (non-hydrogen) atoms. The molecule has 9 heteroatoms. The minimum Gasteiger partial charge on any atom is -0.483 e. The SMILES string of the molecule is CO[C@@H]1C[C@@H](C(=O)NCCn2nc(C)cc2C)CC[C@H]1NC1CCSCC1.O=CO. The van der Waals surface area contributed by atoms with Gasteiger partial charge < -0.3 is 20.5 Å². The van der Waals surface area contributed by atoms with E-state index in [0.717, 1.165) is 37.2 Å². The highest BCUT2D eigenvalue weighted by Gasteiger charge is 2.35. The molecular formula is C21H36N4O4S. The standard InChI is InChI=1S/C20H34N4O2S.CH2O2/c1-14-12-15(2)24(23-14)9-8-21-20(25)16-4-5-18(19(13-16)26-3)22-17-6-10-27-11-7-17;2-1-3/h12,16-19,22H,4-11,13H2,1-3H3,(H,21,25);1H,(H,2,3)/t16-,18+,19+;/m0./s1. The molecule has 2 aliphatic rings. The molecule has 1 amide bonds. The highest BCUT2D eigenvalue weighted by Crippen LogP contribution is 2.28. The van der Waals surface area contributed by atoms with E-state index in [1.807, 2.05) is 30.3 Å². The Morgan fingerprint density at radius 2 is 2.03 bits per heavy atom. The Kier molecular flexibility index (Phi) is 10.7. The average molecular weight is 441 g/mol. The monoisotopic (exact) mass is 440 g/mol. The molecule has 2 heterocycles. The van der Waals surface area contributed by atoms with Crippen molar-refractivity contribution in [3.8, 4) is 0 Å². The minimum absolute atomic E-state index is 0.0513. The highest BCUT2D eigenvalue weighted by atomic mass is 32.2. The molecule has 3 rings (SSSR count). The first-order chi connectivity index (χ1) is 14.5. The lowest BCUT2D eigenvalue weighted by atomic mass is 9.82. The number of rotatable bonds is 7. The number of methoxy groups -OCH3 is 1. The number of aryl methyl sites for hydroxylation is 2. The quantitative estimate of drug-likeness (QED) is 0.557. The van der Waals surface area contributed by atoms with Gasteiger partial charge in [0.2, 0.25) is 5.91 Å². The van der Waals surface area contributed by atoms with Crippen LogP contribution >= 0.6 is 11.8 Å². The number of ether oxygens (including phenoxy) is 1. The number of hydrogen-bond donors (Lipinski definition) is 3. The number of thioether (sulfide) groups is 1. The van der Waals surface area contributed by atoms with E-state index in [-0.39, 0.29) is 24.4 Å². The lowest BCUT2D eigenvalue weighted by Crippen LogP contribution is -2.51. The van der Waals surface area contributed by atoms with Crippen LogP contribution in [0.5, 0.6) is 0 Å². The van der Waals surface area contributed by atoms with Gasteiger partial charge in [0.1, 0.15) is 0 Å². The third kappa shape index (κ3) is 7.59. The van der Waals surface area contributed by atoms with Crippen LogP contribution in [0.15, 0.2) is 6.07 Å². The average Bonchev–Trinajstić information content (AvgIpc) is 3.06. The summed E-state index contributed by atoms with van der Waals surface area (Å²) in [5.41, 5.74) is 2.15. The van der Waals surface area contributed by atoms with Crippen molar-refractivity contribution >= 4 is 24.1 Å². The smallest absolute Gasteiger partial charge is 0.290 e. The normalized spacial score (nSPS) is 24.6. The van der Waals surface area contributed by atoms with Crippen LogP contribution in [-0.2, 0) is 20.9 Å². The van der Waals surface area contributed by atoms with E-state index in [9.17, 15) is 4.79 Å². The zero-order chi connectivity index (χ0) is 21.9. The van der Waals surface area contributed by atoms with Gasteiger partial charge in [-0.1, -0.05) is 0 Å². The fourth-order valence-electron chi connectivity index (χ4n) is 4.32. The van der Waals surface area contributed by atoms with Gasteiger partial charge in [-0.2, -0.15) is 16.9 Å². The summed E-state index contributed by atoms with van der Waals surface area (Å²) in [5.74, 6) is 2.71. The summed E-state index contributed by atoms with van der Waals surface area (Å²) in [6.45, 7) is 5.13. The first-order valence-corrected chi connectivity index (χ1v) is 11.9. The maximum Gasteiger partial charge on any atom is 0.290 e. The molecule has 8 nitrogen and oxygen atoms in total. The summed E-state index contributed by atoms with van der Waals surface area (Å²) >= 11 is 2.05. The van der Waals surface area contributed by atoms with Gasteiger partial charge in [0.15, 0.2) is 0 Å². The number of hydrogen-bond acceptors (Lipinski definition) is 6. The number of carbonyl (C=O) groups is 2. The molecule has 1 aliphatic heterocycles. The van der Waals surface area contributed by atoms with Crippen LogP contribution in [0.2, 0.25) is 0 Å². The van der Waals surface area contributed by atoms with Crippen molar-refractivity contribution in [1.82, 2.24) is 20.4 Å². The van der Waals surface area contributed by atoms with Gasteiger partial charge in [-0.25, -0.2) is 0 Å². The molecule has 0 aromatic carbocycles. The summed E-state index contributed by atoms with van der Waals surface area (Å²) in [7, 11) is 1.78. The molecule has 1 saturated heterocycles. The van der Waals surface area contributed by atoms with Crippen LogP contribution in [0.3, 0.4) is 0 Å². The number of amides is 1. The van der Waals surface area contributed by atoms with Crippen molar-refractivity contribution in [2.45, 2.75) is 70.7 Å². The third-order valence-corrected chi connectivity index (χ3v) is 6.91. The second-order valence-electron chi connectivity index (χ2n) is 7.99. The molecule has 1 aromatic heterocycles. The topological polar surface area (TPSA) is 105 Å². The Balaban J connectivity index is 0.00000101. The van der Waals surface area contributed by atoms with Crippen molar-refractivity contribution in [1.29, 1.82) is 0 Å². The van der Waals surface area contributed by atoms with Gasteiger partial charge >= 0.3 is 0 Å². The molecular weight excluding hydrogens is 404 g/mol. The Hall–Kier alpha value is -1.58. The van der Waals surface area contributed by atoms with E-state index < -0.39 is 0 Å². The number of aromatic nitrogens is 2. The summed E-state index contributed by atoms with van der Waals surface area (Å²) in [6, 6.07) is 3.05. The molecule has 0 spiro atoms. The van der Waals surface area contributed by atoms with E-state index in [1.165, 1.54) is 24.3 Å². The second kappa shape index (κ2) is 13.0. The Morgan fingerprint density at radius 1 is 1.33 bits per heavy atom. The number of carboxylic acid groups (broad SMARTS) is 1. The van der Waals surface area contributed by atoms with Crippen molar-refractivity contribution < 1.29 is 19.4 Å². The van der Waals surface area contributed by atoms with E-state index in [2.05, 4.69) is 21.8 Å². The van der Waals surface area contributed by atoms with E-state index in [4.69, 9.17) is 14.6 Å². The molecule has 0 radical (unpaired) electrons. The fraction of sp³-hybridized carbons (Fsp3) is 0.762. The summed E-state index contributed by atoms with van der Waals surface area (Å²) in [6.07, 6.45) is 5.37. The molecule has 1 aliphatic carbocycles. The molecule has 1 saturated carbocycles. The zero-order valence-corrected chi connectivity index (χ0v) is 19.1. The minimum atomic E-state index is -0.250. The van der Waals surface area contributed by atoms with Crippen LogP contribution in [0.4, 0.5) is 0 Å². The van der Waals surface area contributed by atoms with Crippen LogP contribution in [-0.4, -0.2) is 70.6 Å². The van der Waals surface area contributed by atoms with Gasteiger partial charge in [-0.3, -0.25) is 14.3 Å². The lowest BCUT2D eigenvalue weighted by Gasteiger charge is -2.38. The summed E-state index contributed by atoms with van der Waals surface area (Å²) in [4.78, 5) is 21.0. The zero-order valence-electron chi connectivity index (χ0n) is 18.3. The summed E-state index contributed by atoms with van der Waals surface area (Å²) in [5, 5.41) is 18.2. The van der Waals surface area contributed by atoms with Crippen LogP contribution in [0.25, 0.3) is 0 Å². The van der Waals surface area contributed by atoms with Gasteiger partial charge in [0.25, 0.3) is 6.47 Å². The molecule has 3 N–H and O–H groups in total. The molecule has 0 unspecified atom stereocenters. The Labute approximate surface area is 183 Å². The number of carbonyl (C=O) groups excluding carboxylic acids is 1. The first-order valence-electron chi connectivity index (χ1n) is 10.7. The molecule has 1 aromatic rings. The van der Waals surface area contributed by atoms with Gasteiger partial charge in [0.05, 0.1) is 18.3 Å². The number of nitrogens with one attached hydrogen (secondary N) is 2. The van der Waals surface area contributed by atoms with Gasteiger partial charge in [-0.15, -0.1) is 0 Å². The van der Waals surface area contributed by atoms with Crippen LogP contribution < -0.4 is 10.6 Å². The van der Waals surface area contributed by atoms with Crippen molar-refractivity contribution in [2.24, 2.45) is 5.92 Å². The Bertz CT molecular complexity index is 663. The molecule has 2 fully saturated rings. The maximum atomic E-state index is 12.6. The van der Waals surface area contributed by atoms with Crippen molar-refractivity contribution in [3.05, 3.63) is 17.5 Å². The van der Waals surface area contributed by atoms with E-state index in [0.29, 0.717) is 18.6 Å². The molecule has 170 valence electrons. The molecule has 0 bridgehead atoms. The predicted molar refractivity (Wildman–Crippen MR) is 119 cm³/mol. The maximum absolute atomic E-state index is 12.6. The Morgan fingerprint density at radius 3 is 2.63 bits per heavy atom. The predicted octanol–water partition coefficient (Wildman–Crippen LogP) is 1.99. The van der Waals surface area contributed by atoms with Crippen molar-refractivity contribution in [2.75, 3.05) is 25.2 Å². The van der Waals surface area contributed by atoms with Crippen LogP contribution in [0, 0.1) is 19.8 Å². The molecule has 3 atom stereocenters. The van der Waals surface area contributed by atoms with E-state index >= 15 is 0 Å². The summed E-state index contributed by atoms with van der Waals surface area (Å²) < 4.78 is 7.71. The third-order valence-electron chi connectivity index (χ3n) is 5.86. The van der Waals surface area contributed by atoms with Gasteiger partial charge in [0, 0.05) is 37.4 Å². The fourth-order valence-corrected chi connectivity index (χ4v) is 5.42. The first kappa shape index (κ1) is 24.7. The van der Waals surface area contributed by atoms with Crippen LogP contribution in [0.1, 0.15) is 43.5 Å². The second-order valence-corrected chi connectivity index (χ2v) is 9.22. The van der Waals surface area contributed by atoms with Crippen molar-refractivity contribution in [3.63, 3.8) is 0 Å². The lowest BCUT2D eigenvalue weighted by molar-refractivity contribution is -0.128. The largest absolute Gasteiger partial charge is 0.483 e. The van der Waals surface area contributed by atoms with Gasteiger partial charge in [-0.05, 0) is 63.5 Å². The van der Waals surface area contributed by atoms with E-state index in [1.54, 1.807) is 7.11 Å². The number of nitrogens with zero attached hydrogens (tertiary/aromatic N) is 2.